The molecule has 10 nitrogen and oxygen atoms in total. The average molecular weight is 544 g/mol. The molecule has 5 rings (SSSR count). The standard InChI is InChI=1S/C27H31F2N5O5/c1-37-23(35)26(11-13-38-14-12-26)21-15-30-34-16-20(31-24(34)32-21)22(19-7-9-27(28,29)10-8-19)33-25(36)39-17-18-5-3-2-4-6-18/h2-6,15-16,19,22H,7-14,17H2,1H3,(H,33,36)/t22-/m0/s1. The van der Waals surface area contributed by atoms with Crippen LogP contribution in [-0.4, -0.2) is 57.9 Å². The Kier molecular flexibility index (Phi) is 7.74. The number of esters is 1. The number of imidazole rings is 1. The maximum atomic E-state index is 13.9. The van der Waals surface area contributed by atoms with E-state index in [1.165, 1.54) is 17.8 Å². The fraction of sp³-hybridized carbons (Fsp3) is 0.519. The third-order valence-corrected chi connectivity index (χ3v) is 7.66. The smallest absolute Gasteiger partial charge is 0.408 e. The van der Waals surface area contributed by atoms with E-state index in [-0.39, 0.29) is 44.0 Å². The summed E-state index contributed by atoms with van der Waals surface area (Å²) in [6.07, 6.45) is 3.13. The lowest BCUT2D eigenvalue weighted by molar-refractivity contribution is -0.151. The minimum Gasteiger partial charge on any atom is -0.468 e. The monoisotopic (exact) mass is 543 g/mol. The highest BCUT2D eigenvalue weighted by Crippen LogP contribution is 2.41. The number of halogens is 2. The van der Waals surface area contributed by atoms with Gasteiger partial charge in [-0.1, -0.05) is 30.3 Å². The lowest BCUT2D eigenvalue weighted by Gasteiger charge is -2.33. The number of aromatic nitrogens is 4. The summed E-state index contributed by atoms with van der Waals surface area (Å²) < 4.78 is 45.3. The van der Waals surface area contributed by atoms with Crippen molar-refractivity contribution in [3.05, 3.63) is 59.7 Å². The maximum absolute atomic E-state index is 13.9. The van der Waals surface area contributed by atoms with Crippen LogP contribution in [0.15, 0.2) is 42.7 Å². The van der Waals surface area contributed by atoms with E-state index in [1.807, 2.05) is 30.3 Å². The molecule has 1 saturated carbocycles. The van der Waals surface area contributed by atoms with Gasteiger partial charge in [-0.05, 0) is 37.2 Å². The van der Waals surface area contributed by atoms with Crippen molar-refractivity contribution in [2.75, 3.05) is 20.3 Å². The number of amides is 1. The number of alkyl halides is 2. The molecule has 0 radical (unpaired) electrons. The summed E-state index contributed by atoms with van der Waals surface area (Å²) in [5.74, 6) is -3.20. The second-order valence-corrected chi connectivity index (χ2v) is 10.1. The van der Waals surface area contributed by atoms with Crippen molar-refractivity contribution < 1.29 is 32.6 Å². The first-order chi connectivity index (χ1) is 18.8. The number of nitrogens with one attached hydrogen (secondary N) is 1. The van der Waals surface area contributed by atoms with Crippen LogP contribution in [0, 0.1) is 5.92 Å². The van der Waals surface area contributed by atoms with E-state index in [0.29, 0.717) is 37.4 Å². The molecule has 1 aliphatic heterocycles. The van der Waals surface area contributed by atoms with E-state index in [2.05, 4.69) is 20.4 Å². The van der Waals surface area contributed by atoms with Gasteiger partial charge in [-0.2, -0.15) is 5.10 Å². The zero-order valence-electron chi connectivity index (χ0n) is 21.6. The van der Waals surface area contributed by atoms with Gasteiger partial charge in [0.15, 0.2) is 0 Å². The molecule has 0 unspecified atom stereocenters. The predicted molar refractivity (Wildman–Crippen MR) is 134 cm³/mol. The topological polar surface area (TPSA) is 117 Å². The Morgan fingerprint density at radius 3 is 2.54 bits per heavy atom. The zero-order valence-corrected chi connectivity index (χ0v) is 21.6. The van der Waals surface area contributed by atoms with Crippen molar-refractivity contribution >= 4 is 17.8 Å². The van der Waals surface area contributed by atoms with Gasteiger partial charge in [0, 0.05) is 26.1 Å². The highest BCUT2D eigenvalue weighted by Gasteiger charge is 2.45. The number of carbonyl (C=O) groups excluding carboxylic acids is 2. The minimum absolute atomic E-state index is 0.0685. The molecule has 39 heavy (non-hydrogen) atoms. The molecule has 1 atom stereocenters. The van der Waals surface area contributed by atoms with Gasteiger partial charge in [0.25, 0.3) is 5.78 Å². The summed E-state index contributed by atoms with van der Waals surface area (Å²) >= 11 is 0. The first kappa shape index (κ1) is 26.9. The average Bonchev–Trinajstić information content (AvgIpc) is 3.39. The van der Waals surface area contributed by atoms with Crippen molar-refractivity contribution in [2.24, 2.45) is 5.92 Å². The van der Waals surface area contributed by atoms with Crippen LogP contribution in [0.5, 0.6) is 0 Å². The van der Waals surface area contributed by atoms with Crippen LogP contribution >= 0.6 is 0 Å². The molecule has 208 valence electrons. The molecule has 0 spiro atoms. The van der Waals surface area contributed by atoms with Crippen LogP contribution in [0.2, 0.25) is 0 Å². The van der Waals surface area contributed by atoms with Crippen LogP contribution in [0.3, 0.4) is 0 Å². The molecular formula is C27H31F2N5O5. The highest BCUT2D eigenvalue weighted by molar-refractivity contribution is 5.82. The summed E-state index contributed by atoms with van der Waals surface area (Å²) in [5, 5.41) is 7.27. The second kappa shape index (κ2) is 11.2. The second-order valence-electron chi connectivity index (χ2n) is 10.1. The van der Waals surface area contributed by atoms with Crippen molar-refractivity contribution in [1.29, 1.82) is 0 Å². The van der Waals surface area contributed by atoms with E-state index < -0.39 is 29.4 Å². The van der Waals surface area contributed by atoms with Crippen LogP contribution in [0.25, 0.3) is 5.78 Å². The Labute approximate surface area is 224 Å². The van der Waals surface area contributed by atoms with Gasteiger partial charge in [0.05, 0.1) is 36.9 Å². The van der Waals surface area contributed by atoms with Crippen molar-refractivity contribution in [3.63, 3.8) is 0 Å². The fourth-order valence-electron chi connectivity index (χ4n) is 5.37. The summed E-state index contributed by atoms with van der Waals surface area (Å²) in [6, 6.07) is 8.54. The van der Waals surface area contributed by atoms with E-state index >= 15 is 0 Å². The third kappa shape index (κ3) is 5.85. The Bertz CT molecular complexity index is 1300. The predicted octanol–water partition coefficient (Wildman–Crippen LogP) is 4.14. The number of fused-ring (bicyclic) bond motifs is 1. The number of rotatable bonds is 7. The third-order valence-electron chi connectivity index (χ3n) is 7.66. The number of carbonyl (C=O) groups is 2. The quantitative estimate of drug-likeness (QED) is 0.442. The van der Waals surface area contributed by atoms with Crippen molar-refractivity contribution in [2.45, 2.75) is 62.5 Å². The highest BCUT2D eigenvalue weighted by atomic mass is 19.3. The number of hydrogen-bond acceptors (Lipinski definition) is 8. The summed E-state index contributed by atoms with van der Waals surface area (Å²) in [5.41, 5.74) is 0.675. The van der Waals surface area contributed by atoms with Crippen LogP contribution < -0.4 is 5.32 Å². The van der Waals surface area contributed by atoms with Crippen LogP contribution in [0.1, 0.15) is 61.5 Å². The SMILES string of the molecule is COC(=O)C1(c2cnn3cc([C@@H](NC(=O)OCc4ccccc4)C4CCC(F)(F)CC4)nc3n2)CCOCC1. The number of ether oxygens (including phenoxy) is 3. The number of methoxy groups -OCH3 is 1. The van der Waals surface area contributed by atoms with E-state index in [1.54, 1.807) is 6.20 Å². The molecular weight excluding hydrogens is 512 g/mol. The molecule has 1 aromatic carbocycles. The molecule has 2 aromatic heterocycles. The Morgan fingerprint density at radius 2 is 1.85 bits per heavy atom. The molecule has 1 saturated heterocycles. The van der Waals surface area contributed by atoms with E-state index in [9.17, 15) is 18.4 Å². The lowest BCUT2D eigenvalue weighted by atomic mass is 9.77. The molecule has 0 bridgehead atoms. The Hall–Kier alpha value is -3.67. The first-order valence-electron chi connectivity index (χ1n) is 13.0. The van der Waals surface area contributed by atoms with Gasteiger partial charge < -0.3 is 19.5 Å². The number of nitrogens with zero attached hydrogens (tertiary/aromatic N) is 4. The van der Waals surface area contributed by atoms with Gasteiger partial charge in [-0.3, -0.25) is 4.79 Å². The van der Waals surface area contributed by atoms with E-state index in [0.717, 1.165) is 5.56 Å². The molecule has 3 aromatic rings. The van der Waals surface area contributed by atoms with Gasteiger partial charge in [-0.25, -0.2) is 28.1 Å². The zero-order chi connectivity index (χ0) is 27.5. The summed E-state index contributed by atoms with van der Waals surface area (Å²) in [7, 11) is 1.33. The van der Waals surface area contributed by atoms with Crippen LogP contribution in [-0.2, 0) is 31.0 Å². The minimum atomic E-state index is -2.72. The molecule has 3 heterocycles. The maximum Gasteiger partial charge on any atom is 0.408 e. The molecule has 1 aliphatic carbocycles. The first-order valence-corrected chi connectivity index (χ1v) is 13.0. The lowest BCUT2D eigenvalue weighted by Crippen LogP contribution is -2.43. The molecule has 2 fully saturated rings. The summed E-state index contributed by atoms with van der Waals surface area (Å²) in [6.45, 7) is 0.829. The van der Waals surface area contributed by atoms with Crippen molar-refractivity contribution in [3.8, 4) is 0 Å². The Balaban J connectivity index is 1.41. The number of alkyl carbamates (subject to hydrolysis) is 1. The van der Waals surface area contributed by atoms with Gasteiger partial charge in [0.2, 0.25) is 5.92 Å². The number of hydrogen-bond donors (Lipinski definition) is 1. The molecule has 2 aliphatic rings. The van der Waals surface area contributed by atoms with E-state index in [4.69, 9.17) is 14.2 Å². The molecule has 1 amide bonds. The number of benzene rings is 1. The van der Waals surface area contributed by atoms with Crippen molar-refractivity contribution in [1.82, 2.24) is 24.9 Å². The molecule has 1 N–H and O–H groups in total. The fourth-order valence-corrected chi connectivity index (χ4v) is 5.37. The normalized spacial score (nSPS) is 19.8. The van der Waals surface area contributed by atoms with Crippen LogP contribution in [0.4, 0.5) is 13.6 Å². The molecule has 12 heteroatoms. The Morgan fingerprint density at radius 1 is 1.13 bits per heavy atom. The summed E-state index contributed by atoms with van der Waals surface area (Å²) in [4.78, 5) is 34.8. The van der Waals surface area contributed by atoms with Gasteiger partial charge >= 0.3 is 12.1 Å². The van der Waals surface area contributed by atoms with Gasteiger partial charge in [-0.15, -0.1) is 0 Å². The largest absolute Gasteiger partial charge is 0.468 e. The van der Waals surface area contributed by atoms with Gasteiger partial charge in [0.1, 0.15) is 12.0 Å².